The van der Waals surface area contributed by atoms with Crippen molar-refractivity contribution in [3.05, 3.63) is 11.7 Å². The molecule has 4 aliphatic rings. The summed E-state index contributed by atoms with van der Waals surface area (Å²) in [7, 11) is 0. The summed E-state index contributed by atoms with van der Waals surface area (Å²) in [5.41, 5.74) is -2.10. The molecule has 49 heavy (non-hydrogen) atoms. The first-order valence-corrected chi connectivity index (χ1v) is 18.3. The molecule has 4 saturated carbocycles. The molecular weight excluding hydrogens is 640 g/mol. The molecule has 0 aromatic rings. The zero-order valence-electron chi connectivity index (χ0n) is 30.0. The molecule has 286 valence electrons. The van der Waals surface area contributed by atoms with E-state index in [1.54, 1.807) is 0 Å². The Hall–Kier alpha value is -1.26. The smallest absolute Gasteiger partial charge is 0.319 e. The molecule has 0 aliphatic heterocycles. The molecule has 0 aromatic carbocycles. The highest BCUT2D eigenvalue weighted by atomic mass is 16.7. The summed E-state index contributed by atoms with van der Waals surface area (Å²) in [4.78, 5) is 0. The topological polar surface area (TPSA) is 241 Å². The molecular formula is C36H64O13. The third-order valence-electron chi connectivity index (χ3n) is 13.5. The number of fused-ring (bicyclic) bond motifs is 5. The van der Waals surface area contributed by atoms with Gasteiger partial charge in [0.25, 0.3) is 0 Å². The third-order valence-corrected chi connectivity index (χ3v) is 13.5. The van der Waals surface area contributed by atoms with E-state index in [9.17, 15) is 56.2 Å². The second kappa shape index (κ2) is 15.4. The molecule has 4 aliphatic carbocycles. The van der Waals surface area contributed by atoms with E-state index in [0.29, 0.717) is 57.8 Å². The van der Waals surface area contributed by atoms with E-state index >= 15 is 0 Å². The molecule has 11 N–H and O–H groups in total. The molecule has 0 bridgehead atoms. The van der Waals surface area contributed by atoms with Crippen LogP contribution in [0.15, 0.2) is 11.7 Å². The molecule has 0 spiro atoms. The van der Waals surface area contributed by atoms with Gasteiger partial charge < -0.3 is 65.6 Å². The fourth-order valence-corrected chi connectivity index (χ4v) is 10.6. The minimum atomic E-state index is -1.82. The summed E-state index contributed by atoms with van der Waals surface area (Å²) in [6.07, 6.45) is -6.42. The predicted octanol–water partition coefficient (Wildman–Crippen LogP) is 1.60. The van der Waals surface area contributed by atoms with Crippen molar-refractivity contribution < 1.29 is 65.6 Å². The van der Waals surface area contributed by atoms with Crippen molar-refractivity contribution >= 4 is 0 Å². The summed E-state index contributed by atoms with van der Waals surface area (Å²) >= 11 is 0. The van der Waals surface area contributed by atoms with Crippen LogP contribution in [0.2, 0.25) is 0 Å². The first kappa shape index (κ1) is 40.5. The van der Waals surface area contributed by atoms with Gasteiger partial charge >= 0.3 is 5.95 Å². The van der Waals surface area contributed by atoms with Crippen molar-refractivity contribution in [2.45, 2.75) is 160 Å². The van der Waals surface area contributed by atoms with Gasteiger partial charge in [0.15, 0.2) is 12.4 Å². The summed E-state index contributed by atoms with van der Waals surface area (Å²) in [6, 6.07) is 0. The molecule has 0 amide bonds. The molecule has 9 unspecified atom stereocenters. The van der Waals surface area contributed by atoms with E-state index < -0.39 is 83.8 Å². The van der Waals surface area contributed by atoms with Gasteiger partial charge in [0, 0.05) is 5.92 Å². The van der Waals surface area contributed by atoms with Crippen LogP contribution in [0, 0.1) is 46.3 Å². The Morgan fingerprint density at radius 2 is 1.45 bits per heavy atom. The first-order valence-electron chi connectivity index (χ1n) is 18.3. The van der Waals surface area contributed by atoms with Gasteiger partial charge in [0.2, 0.25) is 5.76 Å². The second-order valence-electron chi connectivity index (χ2n) is 16.7. The van der Waals surface area contributed by atoms with Gasteiger partial charge in [-0.2, -0.15) is 0 Å². The molecule has 0 aromatic heterocycles. The summed E-state index contributed by atoms with van der Waals surface area (Å²) in [6.45, 7) is 10.6. The predicted molar refractivity (Wildman–Crippen MR) is 178 cm³/mol. The average Bonchev–Trinajstić information content (AvgIpc) is 3.22. The van der Waals surface area contributed by atoms with Gasteiger partial charge in [-0.05, 0) is 106 Å². The highest BCUT2D eigenvalue weighted by Crippen LogP contribution is 2.69. The van der Waals surface area contributed by atoms with Crippen LogP contribution >= 0.6 is 0 Å². The van der Waals surface area contributed by atoms with Crippen LogP contribution in [0.25, 0.3) is 0 Å². The number of hydrogen-bond donors (Lipinski definition) is 11. The van der Waals surface area contributed by atoms with Gasteiger partial charge in [-0.25, -0.2) is 0 Å². The quantitative estimate of drug-likeness (QED) is 0.0911. The summed E-state index contributed by atoms with van der Waals surface area (Å²) in [5.74, 6) is -3.13. The van der Waals surface area contributed by atoms with Crippen LogP contribution in [0.4, 0.5) is 0 Å². The lowest BCUT2D eigenvalue weighted by Crippen LogP contribution is -2.67. The molecule has 17 atom stereocenters. The number of rotatable bonds is 14. The maximum absolute atomic E-state index is 12.5. The molecule has 4 rings (SSSR count). The lowest BCUT2D eigenvalue weighted by Gasteiger charge is -2.65. The fraction of sp³-hybridized carbons (Fsp3) is 0.944. The van der Waals surface area contributed by atoms with E-state index in [-0.39, 0.29) is 41.6 Å². The number of aliphatic hydroxyl groups is 11. The Bertz CT molecular complexity index is 1130. The number of aliphatic hydroxyl groups excluding tert-OH is 10. The zero-order chi connectivity index (χ0) is 36.8. The zero-order valence-corrected chi connectivity index (χ0v) is 30.0. The Labute approximate surface area is 290 Å². The van der Waals surface area contributed by atoms with E-state index in [2.05, 4.69) is 13.8 Å². The molecule has 13 nitrogen and oxygen atoms in total. The van der Waals surface area contributed by atoms with Crippen LogP contribution < -0.4 is 0 Å². The summed E-state index contributed by atoms with van der Waals surface area (Å²) < 4.78 is 10.8. The van der Waals surface area contributed by atoms with Crippen molar-refractivity contribution in [2.75, 3.05) is 6.61 Å². The van der Waals surface area contributed by atoms with E-state index in [1.807, 2.05) is 13.8 Å². The van der Waals surface area contributed by atoms with Crippen molar-refractivity contribution in [1.29, 1.82) is 0 Å². The maximum atomic E-state index is 12.5. The maximum Gasteiger partial charge on any atom is 0.319 e. The van der Waals surface area contributed by atoms with Crippen LogP contribution in [0.3, 0.4) is 0 Å². The van der Waals surface area contributed by atoms with E-state index in [1.165, 1.54) is 13.8 Å². The van der Waals surface area contributed by atoms with Crippen LogP contribution in [-0.4, -0.2) is 124 Å². The molecule has 0 saturated heterocycles. The monoisotopic (exact) mass is 704 g/mol. The van der Waals surface area contributed by atoms with Gasteiger partial charge in [-0.1, -0.05) is 34.1 Å². The Morgan fingerprint density at radius 3 is 2.04 bits per heavy atom. The van der Waals surface area contributed by atoms with Crippen LogP contribution in [0.5, 0.6) is 0 Å². The second-order valence-corrected chi connectivity index (χ2v) is 16.7. The highest BCUT2D eigenvalue weighted by Gasteiger charge is 2.71. The van der Waals surface area contributed by atoms with Gasteiger partial charge in [0.05, 0.1) is 42.7 Å². The molecule has 4 fully saturated rings. The van der Waals surface area contributed by atoms with Gasteiger partial charge in [0.1, 0.15) is 12.2 Å². The van der Waals surface area contributed by atoms with Crippen molar-refractivity contribution in [2.24, 2.45) is 46.3 Å². The highest BCUT2D eigenvalue weighted by molar-refractivity contribution is 5.20. The lowest BCUT2D eigenvalue weighted by molar-refractivity contribution is -0.254. The SMILES string of the molecule is CC(O)C(O)=C(O)OC(C(O)OCC(CCC[C@H]1[C@@H](O)[C@@H](O)C2[C@]3(O)CCC4[C@@H](O)[C@@H](O)CC[C@]4(C)C3CC[C@@]21C)C(C)C)C(O)C(C)O. The van der Waals surface area contributed by atoms with E-state index in [0.717, 1.165) is 0 Å². The average molecular weight is 705 g/mol. The number of ether oxygens (including phenoxy) is 2. The van der Waals surface area contributed by atoms with Crippen LogP contribution in [-0.2, 0) is 9.47 Å². The summed E-state index contributed by atoms with van der Waals surface area (Å²) in [5, 5.41) is 117. The Balaban J connectivity index is 1.42. The normalized spacial score (nSPS) is 43.3. The lowest BCUT2D eigenvalue weighted by atomic mass is 9.42. The largest absolute Gasteiger partial charge is 0.504 e. The Morgan fingerprint density at radius 1 is 0.816 bits per heavy atom. The molecule has 13 heteroatoms. The third kappa shape index (κ3) is 7.49. The van der Waals surface area contributed by atoms with E-state index in [4.69, 9.17) is 9.47 Å². The van der Waals surface area contributed by atoms with Gasteiger partial charge in [-0.15, -0.1) is 0 Å². The minimum absolute atomic E-state index is 0.0234. The number of hydrogen-bond acceptors (Lipinski definition) is 13. The Kier molecular flexibility index (Phi) is 12.7. The first-order chi connectivity index (χ1) is 22.7. The molecule has 0 radical (unpaired) electrons. The fourth-order valence-electron chi connectivity index (χ4n) is 10.6. The van der Waals surface area contributed by atoms with Crippen molar-refractivity contribution in [3.63, 3.8) is 0 Å². The minimum Gasteiger partial charge on any atom is -0.504 e. The van der Waals surface area contributed by atoms with Crippen molar-refractivity contribution in [3.8, 4) is 0 Å². The van der Waals surface area contributed by atoms with Gasteiger partial charge in [-0.3, -0.25) is 0 Å². The van der Waals surface area contributed by atoms with Crippen molar-refractivity contribution in [1.82, 2.24) is 0 Å². The van der Waals surface area contributed by atoms with Crippen LogP contribution in [0.1, 0.15) is 99.3 Å². The standard InChI is InChI=1S/C36H64O13/c1-17(2)20(16-48-33(46)30(25(40)18(3)37)49-32(45)26(41)19(4)38)8-7-9-21-28(43)29(44)31-35(21,6)14-12-24-34(5)13-11-23(39)27(42)22(34)10-15-36(24,31)47/h17-25,27-31,33,37-47H,7-16H2,1-6H3/t18?,19?,20?,21-,22?,23-,24?,25?,27+,28+,29+,30?,31?,33?,34-,35+,36-/m0/s1. The molecule has 0 heterocycles.